The zero-order valence-electron chi connectivity index (χ0n) is 36.0. The minimum Gasteiger partial charge on any atom is -0.462 e. The van der Waals surface area contributed by atoms with Gasteiger partial charge in [-0.1, -0.05) is 77.0 Å². The number of methoxy groups -OCH3 is 2. The summed E-state index contributed by atoms with van der Waals surface area (Å²) in [5, 5.41) is 0. The van der Waals surface area contributed by atoms with E-state index in [1.807, 2.05) is 31.2 Å². The fraction of sp³-hybridized carbons (Fsp3) is 0.532. The number of esters is 6. The molecule has 3 rings (SSSR count). The molecule has 2 aromatic carbocycles. The molecule has 2 aromatic rings. The summed E-state index contributed by atoms with van der Waals surface area (Å²) in [6.07, 6.45) is 10.3. The average Bonchev–Trinajstić information content (AvgIpc) is 3.24. The standard InChI is InChI=1S/C47H61FO12/c1-9-11-12-14-32-16-18-34(19-17-32)36-20-21-38(40(48)25-36)39-24-35(15-13-22-57-41(49)30(3)4)37(23-33(39)10-2)26-47(27-58-42(50)31(5)6,28-59-45(53)43(51)55-7)29-60-46(54)44(52)56-8/h20-21,23-25,32,34H,3,5,9-19,22,26-29H2,1-2,4,6-8H3. The number of carbonyl (C=O) groups is 6. The smallest absolute Gasteiger partial charge is 0.417 e. The molecular weight excluding hydrogens is 776 g/mol. The first-order chi connectivity index (χ1) is 28.6. The Kier molecular flexibility index (Phi) is 19.7. The van der Waals surface area contributed by atoms with E-state index in [9.17, 15) is 28.8 Å². The van der Waals surface area contributed by atoms with Crippen LogP contribution in [0.25, 0.3) is 11.1 Å². The molecule has 0 N–H and O–H groups in total. The highest BCUT2D eigenvalue weighted by molar-refractivity contribution is 6.30. The molecule has 0 heterocycles. The lowest BCUT2D eigenvalue weighted by molar-refractivity contribution is -0.175. The van der Waals surface area contributed by atoms with Crippen LogP contribution in [0.15, 0.2) is 54.6 Å². The summed E-state index contributed by atoms with van der Waals surface area (Å²) in [4.78, 5) is 74.2. The van der Waals surface area contributed by atoms with Crippen LogP contribution < -0.4 is 0 Å². The van der Waals surface area contributed by atoms with E-state index < -0.39 is 61.1 Å². The van der Waals surface area contributed by atoms with Crippen molar-refractivity contribution in [3.8, 4) is 11.1 Å². The van der Waals surface area contributed by atoms with E-state index in [0.29, 0.717) is 41.5 Å². The maximum atomic E-state index is 16.4. The van der Waals surface area contributed by atoms with Gasteiger partial charge in [-0.2, -0.15) is 0 Å². The van der Waals surface area contributed by atoms with E-state index in [2.05, 4.69) is 29.6 Å². The van der Waals surface area contributed by atoms with Gasteiger partial charge in [-0.25, -0.2) is 33.2 Å². The first kappa shape index (κ1) is 49.0. The number of rotatable bonds is 21. The van der Waals surface area contributed by atoms with Crippen molar-refractivity contribution in [3.05, 3.63) is 82.7 Å². The van der Waals surface area contributed by atoms with E-state index in [1.54, 1.807) is 6.07 Å². The third kappa shape index (κ3) is 14.4. The Morgan fingerprint density at radius 2 is 1.23 bits per heavy atom. The Morgan fingerprint density at radius 1 is 0.667 bits per heavy atom. The van der Waals surface area contributed by atoms with Crippen LogP contribution in [0.3, 0.4) is 0 Å². The zero-order chi connectivity index (χ0) is 44.4. The molecule has 0 aromatic heterocycles. The first-order valence-corrected chi connectivity index (χ1v) is 20.7. The number of benzene rings is 2. The summed E-state index contributed by atoms with van der Waals surface area (Å²) in [6, 6.07) is 9.20. The van der Waals surface area contributed by atoms with Crippen molar-refractivity contribution in [2.45, 2.75) is 111 Å². The van der Waals surface area contributed by atoms with E-state index in [0.717, 1.165) is 56.9 Å². The van der Waals surface area contributed by atoms with E-state index in [-0.39, 0.29) is 35.9 Å². The van der Waals surface area contributed by atoms with Crippen LogP contribution in [0.1, 0.15) is 114 Å². The van der Waals surface area contributed by atoms with Crippen molar-refractivity contribution >= 4 is 35.8 Å². The monoisotopic (exact) mass is 836 g/mol. The quantitative estimate of drug-likeness (QED) is 0.0393. The SMILES string of the molecule is C=C(C)C(=O)OCCCc1cc(-c2ccc(C3CCC(CCCCC)CC3)cc2F)c(CC)cc1CC(COC(=O)C(=C)C)(COC(=O)C(=O)OC)COC(=O)C(=O)OC. The highest BCUT2D eigenvalue weighted by atomic mass is 19.1. The van der Waals surface area contributed by atoms with Gasteiger partial charge in [-0.15, -0.1) is 0 Å². The van der Waals surface area contributed by atoms with Crippen LogP contribution >= 0.6 is 0 Å². The lowest BCUT2D eigenvalue weighted by Gasteiger charge is -2.33. The molecule has 13 heteroatoms. The van der Waals surface area contributed by atoms with Crippen molar-refractivity contribution in [3.63, 3.8) is 0 Å². The van der Waals surface area contributed by atoms with Gasteiger partial charge in [0, 0.05) is 16.7 Å². The van der Waals surface area contributed by atoms with Crippen LogP contribution in [0.2, 0.25) is 0 Å². The fourth-order valence-corrected chi connectivity index (χ4v) is 7.45. The normalized spacial score (nSPS) is 15.0. The second-order valence-corrected chi connectivity index (χ2v) is 15.8. The summed E-state index contributed by atoms with van der Waals surface area (Å²) in [5.41, 5.74) is 2.75. The second kappa shape index (κ2) is 24.1. The molecule has 1 aliphatic carbocycles. The topological polar surface area (TPSA) is 158 Å². The molecule has 0 saturated heterocycles. The van der Waals surface area contributed by atoms with Crippen molar-refractivity contribution in [1.82, 2.24) is 0 Å². The van der Waals surface area contributed by atoms with Gasteiger partial charge in [0.2, 0.25) is 0 Å². The molecule has 1 aliphatic rings. The lowest BCUT2D eigenvalue weighted by atomic mass is 9.76. The van der Waals surface area contributed by atoms with E-state index in [1.165, 1.54) is 39.5 Å². The summed E-state index contributed by atoms with van der Waals surface area (Å²) >= 11 is 0. The third-order valence-electron chi connectivity index (χ3n) is 10.9. The maximum absolute atomic E-state index is 16.4. The number of unbranched alkanes of at least 4 members (excludes halogenated alkanes) is 2. The Bertz CT molecular complexity index is 1840. The summed E-state index contributed by atoms with van der Waals surface area (Å²) < 4.78 is 46.9. The van der Waals surface area contributed by atoms with Gasteiger partial charge < -0.3 is 28.4 Å². The number of aryl methyl sites for hydroxylation is 2. The fourth-order valence-electron chi connectivity index (χ4n) is 7.45. The molecule has 0 aliphatic heterocycles. The molecule has 328 valence electrons. The predicted molar refractivity (Wildman–Crippen MR) is 222 cm³/mol. The van der Waals surface area contributed by atoms with Crippen LogP contribution in [0, 0.1) is 17.2 Å². The van der Waals surface area contributed by atoms with Crippen molar-refractivity contribution in [1.29, 1.82) is 0 Å². The summed E-state index contributed by atoms with van der Waals surface area (Å²) in [5.74, 6) is -6.04. The molecule has 12 nitrogen and oxygen atoms in total. The highest BCUT2D eigenvalue weighted by Crippen LogP contribution is 2.40. The molecule has 0 amide bonds. The Hall–Kier alpha value is -5.33. The molecule has 0 bridgehead atoms. The first-order valence-electron chi connectivity index (χ1n) is 20.7. The molecule has 60 heavy (non-hydrogen) atoms. The summed E-state index contributed by atoms with van der Waals surface area (Å²) in [7, 11) is 1.99. The lowest BCUT2D eigenvalue weighted by Crippen LogP contribution is -2.43. The van der Waals surface area contributed by atoms with Crippen LogP contribution in [0.5, 0.6) is 0 Å². The van der Waals surface area contributed by atoms with Gasteiger partial charge in [0.15, 0.2) is 0 Å². The van der Waals surface area contributed by atoms with Crippen LogP contribution in [-0.4, -0.2) is 76.5 Å². The van der Waals surface area contributed by atoms with Gasteiger partial charge in [0.05, 0.1) is 26.2 Å². The summed E-state index contributed by atoms with van der Waals surface area (Å²) in [6.45, 7) is 12.5. The molecule has 1 fully saturated rings. The average molecular weight is 837 g/mol. The largest absolute Gasteiger partial charge is 0.462 e. The minimum absolute atomic E-state index is 0.0365. The molecule has 0 radical (unpaired) electrons. The van der Waals surface area contributed by atoms with Gasteiger partial charge in [-0.05, 0) is 111 Å². The van der Waals surface area contributed by atoms with Crippen molar-refractivity contribution in [2.24, 2.45) is 11.3 Å². The van der Waals surface area contributed by atoms with Gasteiger partial charge in [0.1, 0.15) is 25.6 Å². The zero-order valence-corrected chi connectivity index (χ0v) is 36.0. The van der Waals surface area contributed by atoms with E-state index >= 15 is 4.39 Å². The molecule has 0 atom stereocenters. The second-order valence-electron chi connectivity index (χ2n) is 15.8. The maximum Gasteiger partial charge on any atom is 0.417 e. The highest BCUT2D eigenvalue weighted by Gasteiger charge is 2.39. The third-order valence-corrected chi connectivity index (χ3v) is 10.9. The van der Waals surface area contributed by atoms with Crippen LogP contribution in [0.4, 0.5) is 4.39 Å². The van der Waals surface area contributed by atoms with Crippen molar-refractivity contribution < 1.29 is 61.6 Å². The number of hydrogen-bond acceptors (Lipinski definition) is 12. The number of hydrogen-bond donors (Lipinski definition) is 0. The molecule has 1 saturated carbocycles. The Labute approximate surface area is 353 Å². The van der Waals surface area contributed by atoms with Crippen LogP contribution in [-0.2, 0) is 76.5 Å². The minimum atomic E-state index is -1.60. The van der Waals surface area contributed by atoms with E-state index in [4.69, 9.17) is 18.9 Å². The number of halogens is 1. The number of carbonyl (C=O) groups excluding carboxylic acids is 6. The van der Waals surface area contributed by atoms with Gasteiger partial charge >= 0.3 is 35.8 Å². The van der Waals surface area contributed by atoms with Gasteiger partial charge in [-0.3, -0.25) is 0 Å². The van der Waals surface area contributed by atoms with Gasteiger partial charge in [0.25, 0.3) is 0 Å². The molecule has 0 unspecified atom stereocenters. The molecular formula is C47H61FO12. The Morgan fingerprint density at radius 3 is 1.75 bits per heavy atom. The van der Waals surface area contributed by atoms with Crippen molar-refractivity contribution in [2.75, 3.05) is 40.6 Å². The molecule has 0 spiro atoms. The Balaban J connectivity index is 2.12. The number of ether oxygens (including phenoxy) is 6. The predicted octanol–water partition coefficient (Wildman–Crippen LogP) is 8.04.